The van der Waals surface area contributed by atoms with Gasteiger partial charge < -0.3 is 5.32 Å². The van der Waals surface area contributed by atoms with Crippen molar-refractivity contribution in [3.05, 3.63) is 88.4 Å². The minimum atomic E-state index is -0.0888. The fraction of sp³-hybridized carbons (Fsp3) is 0.222. The van der Waals surface area contributed by atoms with Crippen LogP contribution in [0.25, 0.3) is 17.1 Å². The molecule has 0 atom stereocenters. The van der Waals surface area contributed by atoms with Gasteiger partial charge in [-0.2, -0.15) is 0 Å². The number of carbonyl (C=O) groups is 1. The Balaban J connectivity index is 1.59. The molecule has 34 heavy (non-hydrogen) atoms. The van der Waals surface area contributed by atoms with Crippen molar-refractivity contribution in [1.82, 2.24) is 14.8 Å². The van der Waals surface area contributed by atoms with E-state index in [1.54, 1.807) is 0 Å². The highest BCUT2D eigenvalue weighted by atomic mass is 79.9. The number of hydrogen-bond acceptors (Lipinski definition) is 4. The average Bonchev–Trinajstić information content (AvgIpc) is 3.24. The minimum absolute atomic E-state index is 0.0766. The van der Waals surface area contributed by atoms with Gasteiger partial charge in [0.15, 0.2) is 11.0 Å². The lowest BCUT2D eigenvalue weighted by atomic mass is 9.87. The molecule has 1 N–H and O–H groups in total. The van der Waals surface area contributed by atoms with Gasteiger partial charge in [0, 0.05) is 21.4 Å². The molecule has 0 fully saturated rings. The number of nitrogens with one attached hydrogen (secondary N) is 1. The van der Waals surface area contributed by atoms with Gasteiger partial charge in [0.25, 0.3) is 0 Å². The first-order valence-electron chi connectivity index (χ1n) is 11.0. The first-order valence-corrected chi connectivity index (χ1v) is 12.8. The van der Waals surface area contributed by atoms with Gasteiger partial charge in [-0.05, 0) is 53.8 Å². The highest BCUT2D eigenvalue weighted by Gasteiger charge is 2.19. The maximum Gasteiger partial charge on any atom is 0.234 e. The quantitative estimate of drug-likeness (QED) is 0.269. The molecule has 1 amide bonds. The van der Waals surface area contributed by atoms with Gasteiger partial charge in [-0.25, -0.2) is 0 Å². The van der Waals surface area contributed by atoms with Crippen molar-refractivity contribution in [2.75, 3.05) is 11.1 Å². The molecule has 0 saturated heterocycles. The molecule has 0 spiro atoms. The van der Waals surface area contributed by atoms with Crippen LogP contribution in [0.4, 0.5) is 5.69 Å². The molecule has 1 heterocycles. The predicted octanol–water partition coefficient (Wildman–Crippen LogP) is 7.03. The lowest BCUT2D eigenvalue weighted by molar-refractivity contribution is -0.113. The number of benzene rings is 3. The molecule has 3 aromatic carbocycles. The summed E-state index contributed by atoms with van der Waals surface area (Å²) in [5.74, 6) is 0.885. The standard InChI is InChI=1S/C27H27BrN4OS/c1-18-16-21(28)14-15-23(18)29-24(33)17-34-26-31-30-25(32(26)22-8-6-5-7-9-22)19-10-12-20(13-11-19)27(2,3)4/h5-16H,17H2,1-4H3,(H,29,33). The fourth-order valence-corrected chi connectivity index (χ4v) is 4.79. The summed E-state index contributed by atoms with van der Waals surface area (Å²) >= 11 is 4.82. The Kier molecular flexibility index (Phi) is 7.24. The maximum absolute atomic E-state index is 12.7. The summed E-state index contributed by atoms with van der Waals surface area (Å²) in [6.07, 6.45) is 0. The van der Waals surface area contributed by atoms with Crippen molar-refractivity contribution in [1.29, 1.82) is 0 Å². The van der Waals surface area contributed by atoms with E-state index in [9.17, 15) is 4.79 Å². The lowest BCUT2D eigenvalue weighted by Crippen LogP contribution is -2.15. The van der Waals surface area contributed by atoms with Crippen LogP contribution < -0.4 is 5.32 Å². The van der Waals surface area contributed by atoms with E-state index >= 15 is 0 Å². The van der Waals surface area contributed by atoms with E-state index in [4.69, 9.17) is 0 Å². The van der Waals surface area contributed by atoms with Crippen LogP contribution >= 0.6 is 27.7 Å². The Hall–Kier alpha value is -2.90. The van der Waals surface area contributed by atoms with E-state index in [-0.39, 0.29) is 17.1 Å². The third-order valence-electron chi connectivity index (χ3n) is 5.45. The summed E-state index contributed by atoms with van der Waals surface area (Å²) in [6.45, 7) is 8.56. The number of amides is 1. The zero-order valence-electron chi connectivity index (χ0n) is 19.7. The van der Waals surface area contributed by atoms with E-state index in [2.05, 4.69) is 76.5 Å². The summed E-state index contributed by atoms with van der Waals surface area (Å²) in [6, 6.07) is 24.2. The molecule has 4 rings (SSSR count). The molecule has 0 aliphatic heterocycles. The first-order chi connectivity index (χ1) is 16.2. The number of aromatic nitrogens is 3. The van der Waals surface area contributed by atoms with E-state index in [1.807, 2.05) is 60.0 Å². The molecule has 5 nitrogen and oxygen atoms in total. The number of carbonyl (C=O) groups excluding carboxylic acids is 1. The van der Waals surface area contributed by atoms with Crippen LogP contribution in [0.2, 0.25) is 0 Å². The largest absolute Gasteiger partial charge is 0.325 e. The number of anilines is 1. The van der Waals surface area contributed by atoms with Crippen LogP contribution in [0.3, 0.4) is 0 Å². The van der Waals surface area contributed by atoms with E-state index in [1.165, 1.54) is 17.3 Å². The molecule has 0 aliphatic carbocycles. The Bertz CT molecular complexity index is 1290. The predicted molar refractivity (Wildman–Crippen MR) is 144 cm³/mol. The number of halogens is 1. The van der Waals surface area contributed by atoms with E-state index < -0.39 is 0 Å². The van der Waals surface area contributed by atoms with Crippen molar-refractivity contribution >= 4 is 39.3 Å². The molecule has 4 aromatic rings. The second-order valence-corrected chi connectivity index (χ2v) is 11.0. The molecule has 0 radical (unpaired) electrons. The third-order valence-corrected chi connectivity index (χ3v) is 6.87. The molecule has 0 saturated carbocycles. The lowest BCUT2D eigenvalue weighted by Gasteiger charge is -2.19. The SMILES string of the molecule is Cc1cc(Br)ccc1NC(=O)CSc1nnc(-c2ccc(C(C)(C)C)cc2)n1-c1ccccc1. The molecule has 0 aliphatic rings. The molecular weight excluding hydrogens is 508 g/mol. The molecular formula is C27H27BrN4OS. The number of hydrogen-bond donors (Lipinski definition) is 1. The molecule has 1 aromatic heterocycles. The van der Waals surface area contributed by atoms with Crippen LogP contribution in [0.5, 0.6) is 0 Å². The van der Waals surface area contributed by atoms with Gasteiger partial charge in [-0.1, -0.05) is 90.9 Å². The first kappa shape index (κ1) is 24.2. The van der Waals surface area contributed by atoms with Crippen molar-refractivity contribution in [3.63, 3.8) is 0 Å². The number of nitrogens with zero attached hydrogens (tertiary/aromatic N) is 3. The van der Waals surface area contributed by atoms with Crippen molar-refractivity contribution in [3.8, 4) is 17.1 Å². The summed E-state index contributed by atoms with van der Waals surface area (Å²) in [7, 11) is 0. The highest BCUT2D eigenvalue weighted by Crippen LogP contribution is 2.30. The van der Waals surface area contributed by atoms with Gasteiger partial charge in [0.05, 0.1) is 5.75 Å². The average molecular weight is 536 g/mol. The number of aryl methyl sites for hydroxylation is 1. The molecule has 0 bridgehead atoms. The van der Waals surface area contributed by atoms with Gasteiger partial charge in [-0.15, -0.1) is 10.2 Å². The fourth-order valence-electron chi connectivity index (χ4n) is 3.56. The van der Waals surface area contributed by atoms with Crippen LogP contribution in [-0.2, 0) is 10.2 Å². The summed E-state index contributed by atoms with van der Waals surface area (Å²) in [4.78, 5) is 12.7. The van der Waals surface area contributed by atoms with Crippen molar-refractivity contribution in [2.24, 2.45) is 0 Å². The smallest absolute Gasteiger partial charge is 0.234 e. The topological polar surface area (TPSA) is 59.8 Å². The maximum atomic E-state index is 12.7. The van der Waals surface area contributed by atoms with Gasteiger partial charge in [0.2, 0.25) is 5.91 Å². The monoisotopic (exact) mass is 534 g/mol. The number of rotatable bonds is 6. The van der Waals surface area contributed by atoms with Gasteiger partial charge in [0.1, 0.15) is 0 Å². The molecule has 7 heteroatoms. The summed E-state index contributed by atoms with van der Waals surface area (Å²) in [5.41, 5.74) is 5.07. The van der Waals surface area contributed by atoms with Crippen LogP contribution in [-0.4, -0.2) is 26.4 Å². The normalized spacial score (nSPS) is 11.4. The Morgan fingerprint density at radius 1 is 1.00 bits per heavy atom. The van der Waals surface area contributed by atoms with Crippen LogP contribution in [0.1, 0.15) is 31.9 Å². The number of para-hydroxylation sites is 1. The van der Waals surface area contributed by atoms with E-state index in [0.717, 1.165) is 32.8 Å². The zero-order chi connectivity index (χ0) is 24.3. The number of thioether (sulfide) groups is 1. The Labute approximate surface area is 213 Å². The van der Waals surface area contributed by atoms with Crippen molar-refractivity contribution in [2.45, 2.75) is 38.3 Å². The second-order valence-electron chi connectivity index (χ2n) is 9.10. The zero-order valence-corrected chi connectivity index (χ0v) is 22.1. The highest BCUT2D eigenvalue weighted by molar-refractivity contribution is 9.10. The molecule has 0 unspecified atom stereocenters. The summed E-state index contributed by atoms with van der Waals surface area (Å²) < 4.78 is 2.99. The third kappa shape index (κ3) is 5.59. The van der Waals surface area contributed by atoms with E-state index in [0.29, 0.717) is 5.16 Å². The van der Waals surface area contributed by atoms with Crippen LogP contribution in [0, 0.1) is 6.92 Å². The van der Waals surface area contributed by atoms with Crippen molar-refractivity contribution < 1.29 is 4.79 Å². The Morgan fingerprint density at radius 3 is 2.35 bits per heavy atom. The Morgan fingerprint density at radius 2 is 1.71 bits per heavy atom. The second kappa shape index (κ2) is 10.2. The summed E-state index contributed by atoms with van der Waals surface area (Å²) in [5, 5.41) is 12.6. The van der Waals surface area contributed by atoms with Gasteiger partial charge in [-0.3, -0.25) is 9.36 Å². The molecule has 174 valence electrons. The van der Waals surface area contributed by atoms with Crippen LogP contribution in [0.15, 0.2) is 82.4 Å². The van der Waals surface area contributed by atoms with Gasteiger partial charge >= 0.3 is 0 Å². The minimum Gasteiger partial charge on any atom is -0.325 e.